The van der Waals surface area contributed by atoms with Gasteiger partial charge in [-0.1, -0.05) is 26.0 Å². The van der Waals surface area contributed by atoms with Gasteiger partial charge in [0.15, 0.2) is 5.78 Å². The number of rotatable bonds is 2. The predicted molar refractivity (Wildman–Crippen MR) is 69.9 cm³/mol. The third kappa shape index (κ3) is 2.06. The summed E-state index contributed by atoms with van der Waals surface area (Å²) >= 11 is 0. The summed E-state index contributed by atoms with van der Waals surface area (Å²) in [6.45, 7) is 5.66. The van der Waals surface area contributed by atoms with Crippen molar-refractivity contribution in [2.24, 2.45) is 17.3 Å². The summed E-state index contributed by atoms with van der Waals surface area (Å²) in [6.07, 6.45) is 6.96. The van der Waals surface area contributed by atoms with Crippen LogP contribution in [0.1, 0.15) is 33.6 Å². The minimum Gasteiger partial charge on any atom is -0.393 e. The molecular formula is C15H22O3. The second-order valence-electron chi connectivity index (χ2n) is 6.27. The van der Waals surface area contributed by atoms with Crippen molar-refractivity contribution in [3.8, 4) is 0 Å². The molecule has 3 heteroatoms. The number of allylic oxidation sites excluding steroid dienone is 3. The maximum absolute atomic E-state index is 11.6. The second-order valence-corrected chi connectivity index (χ2v) is 6.27. The average molecular weight is 250 g/mol. The lowest BCUT2D eigenvalue weighted by atomic mass is 9.59. The normalized spacial score (nSPS) is 38.9. The number of aliphatic hydroxyl groups excluding tert-OH is 1. The van der Waals surface area contributed by atoms with Gasteiger partial charge in [0, 0.05) is 12.3 Å². The zero-order valence-electron chi connectivity index (χ0n) is 11.3. The fraction of sp³-hybridized carbons (Fsp3) is 0.667. The van der Waals surface area contributed by atoms with Crippen LogP contribution < -0.4 is 0 Å². The van der Waals surface area contributed by atoms with Gasteiger partial charge in [0.1, 0.15) is 0 Å². The van der Waals surface area contributed by atoms with Gasteiger partial charge in [0.05, 0.1) is 12.2 Å². The van der Waals surface area contributed by atoms with Crippen molar-refractivity contribution >= 4 is 5.78 Å². The van der Waals surface area contributed by atoms with Crippen LogP contribution in [0.3, 0.4) is 0 Å². The molecule has 100 valence electrons. The van der Waals surface area contributed by atoms with Crippen LogP contribution in [-0.4, -0.2) is 28.2 Å². The van der Waals surface area contributed by atoms with Crippen molar-refractivity contribution in [2.75, 3.05) is 6.61 Å². The van der Waals surface area contributed by atoms with E-state index in [1.165, 1.54) is 0 Å². The molecule has 0 spiro atoms. The van der Waals surface area contributed by atoms with Gasteiger partial charge in [-0.25, -0.2) is 0 Å². The highest BCUT2D eigenvalue weighted by Crippen LogP contribution is 2.50. The molecule has 0 saturated heterocycles. The molecule has 0 radical (unpaired) electrons. The van der Waals surface area contributed by atoms with E-state index in [0.29, 0.717) is 6.42 Å². The maximum atomic E-state index is 11.6. The van der Waals surface area contributed by atoms with E-state index in [0.717, 1.165) is 12.0 Å². The predicted octanol–water partition coefficient (Wildman–Crippen LogP) is 1.85. The number of carbonyl (C=O) groups is 1. The number of hydrogen-bond donors (Lipinski definition) is 2. The van der Waals surface area contributed by atoms with Gasteiger partial charge >= 0.3 is 0 Å². The monoisotopic (exact) mass is 250 g/mol. The first-order valence-electron chi connectivity index (χ1n) is 6.56. The van der Waals surface area contributed by atoms with Crippen molar-refractivity contribution in [1.82, 2.24) is 0 Å². The van der Waals surface area contributed by atoms with E-state index in [1.807, 2.05) is 12.2 Å². The van der Waals surface area contributed by atoms with Gasteiger partial charge in [-0.2, -0.15) is 0 Å². The molecular weight excluding hydrogens is 228 g/mol. The molecule has 0 aromatic carbocycles. The molecule has 18 heavy (non-hydrogen) atoms. The zero-order valence-corrected chi connectivity index (χ0v) is 11.3. The third-order valence-electron chi connectivity index (χ3n) is 4.84. The summed E-state index contributed by atoms with van der Waals surface area (Å²) in [6, 6.07) is 0. The summed E-state index contributed by atoms with van der Waals surface area (Å²) in [5, 5.41) is 19.5. The standard InChI is InChI=1S/C15H22O3/c1-10-6-13(17)7-11-4-5-12(8-14(10,11)2)15(3,18)9-16/h4-5,7,10,12,16,18H,6,8-9H2,1-3H3/t10-,12-,14+,15-/m1/s1. The van der Waals surface area contributed by atoms with E-state index in [4.69, 9.17) is 0 Å². The summed E-state index contributed by atoms with van der Waals surface area (Å²) in [5.41, 5.74) is -0.102. The lowest BCUT2D eigenvalue weighted by molar-refractivity contribution is -0.117. The Bertz CT molecular complexity index is 419. The molecule has 4 atom stereocenters. The van der Waals surface area contributed by atoms with Gasteiger partial charge in [-0.05, 0) is 36.3 Å². The largest absolute Gasteiger partial charge is 0.393 e. The van der Waals surface area contributed by atoms with Crippen LogP contribution in [0, 0.1) is 17.3 Å². The maximum Gasteiger partial charge on any atom is 0.156 e. The van der Waals surface area contributed by atoms with Crippen LogP contribution in [0.4, 0.5) is 0 Å². The van der Waals surface area contributed by atoms with E-state index in [9.17, 15) is 15.0 Å². The van der Waals surface area contributed by atoms with Crippen LogP contribution in [0.15, 0.2) is 23.8 Å². The van der Waals surface area contributed by atoms with Crippen molar-refractivity contribution in [1.29, 1.82) is 0 Å². The van der Waals surface area contributed by atoms with Gasteiger partial charge in [-0.15, -0.1) is 0 Å². The Balaban J connectivity index is 2.37. The van der Waals surface area contributed by atoms with E-state index >= 15 is 0 Å². The first-order chi connectivity index (χ1) is 8.29. The van der Waals surface area contributed by atoms with Crippen molar-refractivity contribution in [3.05, 3.63) is 23.8 Å². The Morgan fingerprint density at radius 2 is 2.22 bits per heavy atom. The van der Waals surface area contributed by atoms with E-state index in [1.54, 1.807) is 13.0 Å². The number of fused-ring (bicyclic) bond motifs is 1. The average Bonchev–Trinajstić information content (AvgIpc) is 2.30. The first-order valence-corrected chi connectivity index (χ1v) is 6.56. The highest BCUT2D eigenvalue weighted by atomic mass is 16.3. The zero-order chi connectivity index (χ0) is 13.6. The molecule has 2 aliphatic carbocycles. The van der Waals surface area contributed by atoms with Gasteiger partial charge in [0.2, 0.25) is 0 Å². The summed E-state index contributed by atoms with van der Waals surface area (Å²) in [5.74, 6) is 0.388. The fourth-order valence-electron chi connectivity index (χ4n) is 3.06. The molecule has 0 aromatic heterocycles. The summed E-state index contributed by atoms with van der Waals surface area (Å²) in [4.78, 5) is 11.6. The highest BCUT2D eigenvalue weighted by molar-refractivity contribution is 5.92. The fourth-order valence-corrected chi connectivity index (χ4v) is 3.06. The Morgan fingerprint density at radius 3 is 2.83 bits per heavy atom. The van der Waals surface area contributed by atoms with Crippen molar-refractivity contribution in [3.63, 3.8) is 0 Å². The first kappa shape index (κ1) is 13.5. The van der Waals surface area contributed by atoms with Crippen molar-refractivity contribution < 1.29 is 15.0 Å². The number of hydrogen-bond acceptors (Lipinski definition) is 3. The van der Waals surface area contributed by atoms with E-state index in [2.05, 4.69) is 13.8 Å². The molecule has 0 heterocycles. The molecule has 3 nitrogen and oxygen atoms in total. The molecule has 0 unspecified atom stereocenters. The van der Waals surface area contributed by atoms with Crippen LogP contribution in [-0.2, 0) is 4.79 Å². The Hall–Kier alpha value is -0.930. The van der Waals surface area contributed by atoms with Gasteiger partial charge < -0.3 is 10.2 Å². The molecule has 2 N–H and O–H groups in total. The minimum absolute atomic E-state index is 0.0692. The highest BCUT2D eigenvalue weighted by Gasteiger charge is 2.45. The lowest BCUT2D eigenvalue weighted by Crippen LogP contribution is -2.45. The SMILES string of the molecule is C[C@@H]1CC(=O)C=C2C=C[C@@H]([C@](C)(O)CO)C[C@]21C. The number of ketones is 1. The van der Waals surface area contributed by atoms with Gasteiger partial charge in [-0.3, -0.25) is 4.79 Å². The van der Waals surface area contributed by atoms with E-state index < -0.39 is 5.60 Å². The number of carbonyl (C=O) groups excluding carboxylic acids is 1. The molecule has 0 fully saturated rings. The van der Waals surface area contributed by atoms with Crippen LogP contribution in [0.5, 0.6) is 0 Å². The van der Waals surface area contributed by atoms with Gasteiger partial charge in [0.25, 0.3) is 0 Å². The summed E-state index contributed by atoms with van der Waals surface area (Å²) < 4.78 is 0. The third-order valence-corrected chi connectivity index (χ3v) is 4.84. The number of aliphatic hydroxyl groups is 2. The lowest BCUT2D eigenvalue weighted by Gasteiger charge is -2.46. The van der Waals surface area contributed by atoms with Crippen LogP contribution in [0.25, 0.3) is 0 Å². The topological polar surface area (TPSA) is 57.5 Å². The minimum atomic E-state index is -1.09. The molecule has 2 rings (SSSR count). The Kier molecular flexibility index (Phi) is 3.24. The Labute approximate surface area is 108 Å². The quantitative estimate of drug-likeness (QED) is 0.786. The molecule has 0 aromatic rings. The molecule has 0 saturated carbocycles. The summed E-state index contributed by atoms with van der Waals surface area (Å²) in [7, 11) is 0. The van der Waals surface area contributed by atoms with E-state index in [-0.39, 0.29) is 29.6 Å². The molecule has 0 amide bonds. The van der Waals surface area contributed by atoms with Crippen LogP contribution in [0.2, 0.25) is 0 Å². The molecule has 2 aliphatic rings. The smallest absolute Gasteiger partial charge is 0.156 e. The molecule has 0 bridgehead atoms. The second kappa shape index (κ2) is 4.32. The Morgan fingerprint density at radius 1 is 1.56 bits per heavy atom. The molecule has 0 aliphatic heterocycles. The van der Waals surface area contributed by atoms with Crippen molar-refractivity contribution in [2.45, 2.75) is 39.2 Å². The van der Waals surface area contributed by atoms with Crippen LogP contribution >= 0.6 is 0 Å².